The largest absolute Gasteiger partial charge is 0.328 e. The van der Waals surface area contributed by atoms with Crippen molar-refractivity contribution in [3.63, 3.8) is 0 Å². The zero-order chi connectivity index (χ0) is 13.1. The minimum atomic E-state index is -0.511. The van der Waals surface area contributed by atoms with Crippen LogP contribution in [0.25, 0.3) is 0 Å². The average Bonchev–Trinajstić information content (AvgIpc) is 2.33. The second-order valence-electron chi connectivity index (χ2n) is 4.73. The fourth-order valence-corrected chi connectivity index (χ4v) is 2.37. The van der Waals surface area contributed by atoms with Gasteiger partial charge in [0.2, 0.25) is 5.91 Å². The molecule has 1 amide bonds. The van der Waals surface area contributed by atoms with Crippen LogP contribution < -0.4 is 11.1 Å². The molecule has 3 N–H and O–H groups in total. The molecule has 18 heavy (non-hydrogen) atoms. The van der Waals surface area contributed by atoms with E-state index in [9.17, 15) is 9.18 Å². The number of nitrogens with one attached hydrogen (secondary N) is 1. The molecule has 0 spiro atoms. The van der Waals surface area contributed by atoms with Gasteiger partial charge < -0.3 is 11.1 Å². The summed E-state index contributed by atoms with van der Waals surface area (Å²) < 4.78 is 13.5. The first kappa shape index (κ1) is 13.3. The number of halogens is 2. The molecule has 0 aliphatic heterocycles. The van der Waals surface area contributed by atoms with E-state index in [1.807, 2.05) is 0 Å². The summed E-state index contributed by atoms with van der Waals surface area (Å²) in [6, 6.07) is 4.41. The van der Waals surface area contributed by atoms with E-state index in [0.29, 0.717) is 5.02 Å². The number of rotatable bonds is 2. The van der Waals surface area contributed by atoms with Crippen LogP contribution in [0.3, 0.4) is 0 Å². The maximum absolute atomic E-state index is 13.5. The number of amides is 1. The highest BCUT2D eigenvalue weighted by Gasteiger charge is 2.25. The van der Waals surface area contributed by atoms with Crippen molar-refractivity contribution in [1.82, 2.24) is 0 Å². The van der Waals surface area contributed by atoms with Crippen LogP contribution in [0.15, 0.2) is 18.2 Å². The van der Waals surface area contributed by atoms with Gasteiger partial charge in [-0.2, -0.15) is 0 Å². The number of hydrogen-bond donors (Lipinski definition) is 2. The minimum absolute atomic E-state index is 0.0696. The molecule has 0 unspecified atom stereocenters. The minimum Gasteiger partial charge on any atom is -0.328 e. The zero-order valence-electron chi connectivity index (χ0n) is 9.96. The molecule has 98 valence electrons. The summed E-state index contributed by atoms with van der Waals surface area (Å²) >= 11 is 5.65. The van der Waals surface area contributed by atoms with Crippen LogP contribution in [0.5, 0.6) is 0 Å². The zero-order valence-corrected chi connectivity index (χ0v) is 10.7. The lowest BCUT2D eigenvalue weighted by atomic mass is 9.86. The van der Waals surface area contributed by atoms with Gasteiger partial charge in [0.25, 0.3) is 0 Å². The first-order valence-electron chi connectivity index (χ1n) is 6.08. The Balaban J connectivity index is 1.98. The van der Waals surface area contributed by atoms with E-state index in [4.69, 9.17) is 17.3 Å². The second-order valence-corrected chi connectivity index (χ2v) is 5.16. The second kappa shape index (κ2) is 5.67. The van der Waals surface area contributed by atoms with Crippen molar-refractivity contribution in [2.24, 2.45) is 11.7 Å². The first-order chi connectivity index (χ1) is 8.56. The van der Waals surface area contributed by atoms with Crippen molar-refractivity contribution in [2.45, 2.75) is 31.7 Å². The highest BCUT2D eigenvalue weighted by atomic mass is 35.5. The summed E-state index contributed by atoms with van der Waals surface area (Å²) in [5.41, 5.74) is 5.96. The molecule has 1 saturated carbocycles. The fourth-order valence-electron chi connectivity index (χ4n) is 2.21. The molecule has 1 fully saturated rings. The third-order valence-corrected chi connectivity index (χ3v) is 3.57. The smallest absolute Gasteiger partial charge is 0.227 e. The van der Waals surface area contributed by atoms with E-state index in [-0.39, 0.29) is 23.6 Å². The predicted molar refractivity (Wildman–Crippen MR) is 70.0 cm³/mol. The van der Waals surface area contributed by atoms with Crippen LogP contribution in [0, 0.1) is 11.7 Å². The molecule has 1 aromatic rings. The Labute approximate surface area is 111 Å². The SMILES string of the molecule is NC1CCC(C(=O)Nc2ccc(Cl)cc2F)CC1. The monoisotopic (exact) mass is 270 g/mol. The highest BCUT2D eigenvalue weighted by Crippen LogP contribution is 2.25. The molecule has 0 saturated heterocycles. The molecule has 3 nitrogen and oxygen atoms in total. The first-order valence-corrected chi connectivity index (χ1v) is 6.45. The van der Waals surface area contributed by atoms with Crippen LogP contribution in [0.4, 0.5) is 10.1 Å². The Morgan fingerprint density at radius 3 is 2.61 bits per heavy atom. The fraction of sp³-hybridized carbons (Fsp3) is 0.462. The van der Waals surface area contributed by atoms with Crippen molar-refractivity contribution < 1.29 is 9.18 Å². The molecule has 1 aromatic carbocycles. The standard InChI is InChI=1S/C13H16ClFN2O/c14-9-3-6-12(11(15)7-9)17-13(18)8-1-4-10(16)5-2-8/h3,6-8,10H,1-2,4-5,16H2,(H,17,18). The normalized spacial score (nSPS) is 23.7. The number of hydrogen-bond acceptors (Lipinski definition) is 2. The summed E-state index contributed by atoms with van der Waals surface area (Å²) in [6.07, 6.45) is 3.23. The maximum atomic E-state index is 13.5. The molecular weight excluding hydrogens is 255 g/mol. The van der Waals surface area contributed by atoms with Crippen LogP contribution in [0.2, 0.25) is 5.02 Å². The Hall–Kier alpha value is -1.13. The van der Waals surface area contributed by atoms with Gasteiger partial charge in [-0.3, -0.25) is 4.79 Å². The van der Waals surface area contributed by atoms with Gasteiger partial charge in [0.15, 0.2) is 0 Å². The van der Waals surface area contributed by atoms with Gasteiger partial charge >= 0.3 is 0 Å². The molecule has 2 rings (SSSR count). The van der Waals surface area contributed by atoms with E-state index < -0.39 is 5.82 Å². The topological polar surface area (TPSA) is 55.1 Å². The molecule has 0 atom stereocenters. The molecular formula is C13H16ClFN2O. The third-order valence-electron chi connectivity index (χ3n) is 3.33. The quantitative estimate of drug-likeness (QED) is 0.868. The number of carbonyl (C=O) groups is 1. The average molecular weight is 271 g/mol. The number of carbonyl (C=O) groups excluding carboxylic acids is 1. The van der Waals surface area contributed by atoms with Gasteiger partial charge in [-0.1, -0.05) is 11.6 Å². The number of anilines is 1. The van der Waals surface area contributed by atoms with Crippen molar-refractivity contribution in [1.29, 1.82) is 0 Å². The molecule has 0 aromatic heterocycles. The molecule has 5 heteroatoms. The summed E-state index contributed by atoms with van der Waals surface area (Å²) in [4.78, 5) is 12.0. The summed E-state index contributed by atoms with van der Waals surface area (Å²) in [5, 5.41) is 2.92. The summed E-state index contributed by atoms with van der Waals surface area (Å²) in [5.74, 6) is -0.716. The van der Waals surface area contributed by atoms with E-state index in [1.54, 1.807) is 6.07 Å². The lowest BCUT2D eigenvalue weighted by molar-refractivity contribution is -0.120. The third kappa shape index (κ3) is 3.21. The van der Waals surface area contributed by atoms with Gasteiger partial charge in [-0.25, -0.2) is 4.39 Å². The number of nitrogens with two attached hydrogens (primary N) is 1. The van der Waals surface area contributed by atoms with Crippen LogP contribution >= 0.6 is 11.6 Å². The Morgan fingerprint density at radius 2 is 2.00 bits per heavy atom. The van der Waals surface area contributed by atoms with Crippen LogP contribution in [-0.4, -0.2) is 11.9 Å². The van der Waals surface area contributed by atoms with E-state index in [2.05, 4.69) is 5.32 Å². The van der Waals surface area contributed by atoms with Crippen molar-refractivity contribution in [3.05, 3.63) is 29.0 Å². The molecule has 0 bridgehead atoms. The van der Waals surface area contributed by atoms with Gasteiger partial charge in [0.05, 0.1) is 5.69 Å². The predicted octanol–water partition coefficient (Wildman–Crippen LogP) is 2.94. The van der Waals surface area contributed by atoms with Crippen molar-refractivity contribution in [3.8, 4) is 0 Å². The van der Waals surface area contributed by atoms with Crippen molar-refractivity contribution in [2.75, 3.05) is 5.32 Å². The Morgan fingerprint density at radius 1 is 1.33 bits per heavy atom. The van der Waals surface area contributed by atoms with Gasteiger partial charge in [0.1, 0.15) is 5.82 Å². The molecule has 1 aliphatic rings. The van der Waals surface area contributed by atoms with Crippen LogP contribution in [-0.2, 0) is 4.79 Å². The van der Waals surface area contributed by atoms with E-state index >= 15 is 0 Å². The maximum Gasteiger partial charge on any atom is 0.227 e. The van der Waals surface area contributed by atoms with E-state index in [0.717, 1.165) is 25.7 Å². The summed E-state index contributed by atoms with van der Waals surface area (Å²) in [6.45, 7) is 0. The Kier molecular flexibility index (Phi) is 4.19. The van der Waals surface area contributed by atoms with Gasteiger partial charge in [-0.05, 0) is 43.9 Å². The Bertz CT molecular complexity index is 445. The number of benzene rings is 1. The van der Waals surface area contributed by atoms with Gasteiger partial charge in [0, 0.05) is 17.0 Å². The van der Waals surface area contributed by atoms with Crippen LogP contribution in [0.1, 0.15) is 25.7 Å². The van der Waals surface area contributed by atoms with Crippen molar-refractivity contribution >= 4 is 23.2 Å². The molecule has 1 aliphatic carbocycles. The molecule has 0 heterocycles. The lowest BCUT2D eigenvalue weighted by Gasteiger charge is -2.25. The highest BCUT2D eigenvalue weighted by molar-refractivity contribution is 6.30. The van der Waals surface area contributed by atoms with Gasteiger partial charge in [-0.15, -0.1) is 0 Å². The summed E-state index contributed by atoms with van der Waals surface area (Å²) in [7, 11) is 0. The molecule has 0 radical (unpaired) electrons. The van der Waals surface area contributed by atoms with E-state index in [1.165, 1.54) is 12.1 Å². The lowest BCUT2D eigenvalue weighted by Crippen LogP contribution is -2.32.